The van der Waals surface area contributed by atoms with Gasteiger partial charge in [0.05, 0.1) is 19.2 Å². The molecule has 2 aromatic rings. The van der Waals surface area contributed by atoms with Crippen molar-refractivity contribution in [1.29, 1.82) is 0 Å². The van der Waals surface area contributed by atoms with E-state index in [9.17, 15) is 19.1 Å². The monoisotopic (exact) mass is 510 g/mol. The normalized spacial score (nSPS) is 20.6. The maximum absolute atomic E-state index is 13.6. The van der Waals surface area contributed by atoms with Crippen LogP contribution in [-0.2, 0) is 0 Å². The highest BCUT2D eigenvalue weighted by atomic mass is 19.1. The summed E-state index contributed by atoms with van der Waals surface area (Å²) in [5, 5.41) is 12.6. The minimum Gasteiger partial charge on any atom is -0.472 e. The number of nitrogens with zero attached hydrogens (tertiary/aromatic N) is 3. The van der Waals surface area contributed by atoms with E-state index in [4.69, 9.17) is 4.74 Å². The summed E-state index contributed by atoms with van der Waals surface area (Å²) in [6, 6.07) is 6.64. The van der Waals surface area contributed by atoms with Crippen LogP contribution in [0.5, 0.6) is 5.88 Å². The summed E-state index contributed by atoms with van der Waals surface area (Å²) in [5.74, 6) is -0.540. The zero-order valence-corrected chi connectivity index (χ0v) is 21.6. The number of nitrogens with one attached hydrogen (secondary N) is 1. The van der Waals surface area contributed by atoms with Gasteiger partial charge >= 0.3 is 6.03 Å². The molecule has 198 valence electrons. The third kappa shape index (κ3) is 6.28. The van der Waals surface area contributed by atoms with Crippen LogP contribution in [0.3, 0.4) is 0 Å². The Morgan fingerprint density at radius 3 is 2.76 bits per heavy atom. The average molecular weight is 511 g/mol. The average Bonchev–Trinajstić information content (AvgIpc) is 2.91. The van der Waals surface area contributed by atoms with Gasteiger partial charge in [-0.15, -0.1) is 0 Å². The lowest BCUT2D eigenvalue weighted by Gasteiger charge is -2.37. The van der Waals surface area contributed by atoms with E-state index in [-0.39, 0.29) is 42.7 Å². The number of carbonyl (C=O) groups excluding carboxylic acids is 2. The molecule has 0 saturated heterocycles. The Labute approximate surface area is 217 Å². The van der Waals surface area contributed by atoms with E-state index in [0.29, 0.717) is 17.8 Å². The number of ether oxygens (including phenoxy) is 1. The summed E-state index contributed by atoms with van der Waals surface area (Å²) < 4.78 is 19.5. The van der Waals surface area contributed by atoms with Crippen LogP contribution in [0.4, 0.5) is 14.9 Å². The molecule has 1 aromatic heterocycles. The van der Waals surface area contributed by atoms with Crippen molar-refractivity contribution in [1.82, 2.24) is 14.8 Å². The van der Waals surface area contributed by atoms with Gasteiger partial charge in [0.25, 0.3) is 5.91 Å². The highest BCUT2D eigenvalue weighted by Gasteiger charge is 2.35. The molecular weight excluding hydrogens is 475 g/mol. The van der Waals surface area contributed by atoms with Crippen molar-refractivity contribution in [2.45, 2.75) is 51.7 Å². The molecule has 3 amide bonds. The fourth-order valence-corrected chi connectivity index (χ4v) is 4.70. The molecule has 4 rings (SSSR count). The first-order valence-corrected chi connectivity index (χ1v) is 12.8. The van der Waals surface area contributed by atoms with Crippen molar-refractivity contribution in [2.75, 3.05) is 32.1 Å². The standard InChI is InChI=1S/C28H35FN4O4/c1-18-15-33(19(2)17-34)27(35)24-13-21(20-7-5-4-6-8-20)14-30-26(24)37-25(18)16-32(3)28(36)31-23-11-9-22(29)10-12-23/h7,9-14,18-19,25,34H,4-6,8,15-17H2,1-3H3,(H,31,36)/t18-,19+,25-/m1/s1. The lowest BCUT2D eigenvalue weighted by atomic mass is 9.93. The minimum atomic E-state index is -0.462. The van der Waals surface area contributed by atoms with Gasteiger partial charge in [-0.1, -0.05) is 13.0 Å². The van der Waals surface area contributed by atoms with Crippen molar-refractivity contribution in [3.63, 3.8) is 0 Å². The van der Waals surface area contributed by atoms with Gasteiger partial charge in [-0.25, -0.2) is 14.2 Å². The topological polar surface area (TPSA) is 95.0 Å². The number of pyridine rings is 1. The van der Waals surface area contributed by atoms with Crippen LogP contribution in [0.15, 0.2) is 42.6 Å². The highest BCUT2D eigenvalue weighted by Crippen LogP contribution is 2.32. The first-order chi connectivity index (χ1) is 17.8. The summed E-state index contributed by atoms with van der Waals surface area (Å²) in [5.41, 5.74) is 2.93. The first kappa shape index (κ1) is 26.6. The summed E-state index contributed by atoms with van der Waals surface area (Å²) in [6.45, 7) is 4.18. The summed E-state index contributed by atoms with van der Waals surface area (Å²) >= 11 is 0. The Bertz CT molecular complexity index is 1150. The molecule has 1 aliphatic heterocycles. The summed E-state index contributed by atoms with van der Waals surface area (Å²) in [4.78, 5) is 34.1. The lowest BCUT2D eigenvalue weighted by molar-refractivity contribution is 0.0356. The number of halogens is 1. The van der Waals surface area contributed by atoms with Gasteiger partial charge < -0.3 is 25.0 Å². The number of fused-ring (bicyclic) bond motifs is 1. The molecule has 2 aliphatic rings. The smallest absolute Gasteiger partial charge is 0.321 e. The Balaban J connectivity index is 1.59. The number of amides is 3. The molecule has 0 bridgehead atoms. The number of anilines is 1. The van der Waals surface area contributed by atoms with Crippen LogP contribution in [0.1, 0.15) is 55.5 Å². The molecule has 0 saturated carbocycles. The van der Waals surface area contributed by atoms with Crippen LogP contribution in [-0.4, -0.2) is 70.7 Å². The number of carbonyl (C=O) groups is 2. The Hall–Kier alpha value is -3.46. The van der Waals surface area contributed by atoms with Gasteiger partial charge in [0.2, 0.25) is 5.88 Å². The van der Waals surface area contributed by atoms with Crippen molar-refractivity contribution in [2.24, 2.45) is 5.92 Å². The third-order valence-corrected chi connectivity index (χ3v) is 7.08. The number of aliphatic hydroxyl groups excluding tert-OH is 1. The lowest BCUT2D eigenvalue weighted by Crippen LogP contribution is -2.50. The maximum atomic E-state index is 13.6. The fraction of sp³-hybridized carbons (Fsp3) is 0.464. The Morgan fingerprint density at radius 1 is 1.32 bits per heavy atom. The van der Waals surface area contributed by atoms with E-state index in [2.05, 4.69) is 16.4 Å². The predicted octanol–water partition coefficient (Wildman–Crippen LogP) is 4.56. The first-order valence-electron chi connectivity index (χ1n) is 12.8. The van der Waals surface area contributed by atoms with Crippen LogP contribution in [0.25, 0.3) is 5.57 Å². The predicted molar refractivity (Wildman–Crippen MR) is 140 cm³/mol. The van der Waals surface area contributed by atoms with Crippen LogP contribution >= 0.6 is 0 Å². The largest absolute Gasteiger partial charge is 0.472 e. The van der Waals surface area contributed by atoms with E-state index in [0.717, 1.165) is 31.2 Å². The van der Waals surface area contributed by atoms with Crippen molar-refractivity contribution in [3.05, 3.63) is 59.5 Å². The molecule has 8 nitrogen and oxygen atoms in total. The summed E-state index contributed by atoms with van der Waals surface area (Å²) in [7, 11) is 1.65. The van der Waals surface area contributed by atoms with Gasteiger partial charge in [0.1, 0.15) is 17.5 Å². The van der Waals surface area contributed by atoms with Crippen molar-refractivity contribution >= 4 is 23.2 Å². The molecule has 0 radical (unpaired) electrons. The van der Waals surface area contributed by atoms with Crippen molar-refractivity contribution in [3.8, 4) is 5.88 Å². The number of aromatic nitrogens is 1. The van der Waals surface area contributed by atoms with Gasteiger partial charge in [0.15, 0.2) is 0 Å². The van der Waals surface area contributed by atoms with Crippen molar-refractivity contribution < 1.29 is 23.8 Å². The van der Waals surface area contributed by atoms with Gasteiger partial charge in [0, 0.05) is 31.4 Å². The molecule has 0 unspecified atom stereocenters. The van der Waals surface area contributed by atoms with E-state index >= 15 is 0 Å². The molecule has 2 N–H and O–H groups in total. The molecule has 3 atom stereocenters. The quantitative estimate of drug-likeness (QED) is 0.594. The van der Waals surface area contributed by atoms with E-state index in [1.165, 1.54) is 34.7 Å². The second-order valence-corrected chi connectivity index (χ2v) is 9.99. The zero-order valence-electron chi connectivity index (χ0n) is 21.6. The van der Waals surface area contributed by atoms with E-state index in [1.54, 1.807) is 18.1 Å². The van der Waals surface area contributed by atoms with Gasteiger partial charge in [-0.3, -0.25) is 4.79 Å². The van der Waals surface area contributed by atoms with E-state index < -0.39 is 12.1 Å². The summed E-state index contributed by atoms with van der Waals surface area (Å²) in [6.07, 6.45) is 7.71. The second-order valence-electron chi connectivity index (χ2n) is 9.99. The number of hydrogen-bond donors (Lipinski definition) is 2. The van der Waals surface area contributed by atoms with Gasteiger partial charge in [-0.05, 0) is 74.1 Å². The Kier molecular flexibility index (Phi) is 8.43. The highest BCUT2D eigenvalue weighted by molar-refractivity contribution is 5.97. The second kappa shape index (κ2) is 11.7. The zero-order chi connectivity index (χ0) is 26.5. The number of aliphatic hydroxyl groups is 1. The molecule has 0 spiro atoms. The molecule has 1 aliphatic carbocycles. The number of allylic oxidation sites excluding steroid dienone is 2. The molecule has 2 heterocycles. The van der Waals surface area contributed by atoms with Crippen LogP contribution in [0, 0.1) is 11.7 Å². The number of urea groups is 1. The third-order valence-electron chi connectivity index (χ3n) is 7.08. The number of hydrogen-bond acceptors (Lipinski definition) is 5. The minimum absolute atomic E-state index is 0.158. The molecular formula is C28H35FN4O4. The number of benzene rings is 1. The molecule has 1 aromatic carbocycles. The number of rotatable bonds is 6. The molecule has 9 heteroatoms. The Morgan fingerprint density at radius 2 is 2.08 bits per heavy atom. The number of likely N-dealkylation sites (N-methyl/N-ethyl adjacent to an activating group) is 1. The molecule has 0 fully saturated rings. The fourth-order valence-electron chi connectivity index (χ4n) is 4.70. The molecule has 37 heavy (non-hydrogen) atoms. The van der Waals surface area contributed by atoms with E-state index in [1.807, 2.05) is 19.9 Å². The van der Waals surface area contributed by atoms with Crippen LogP contribution in [0.2, 0.25) is 0 Å². The SMILES string of the molecule is C[C@@H]1CN([C@@H](C)CO)C(=O)c2cc(C3=CCCCC3)cnc2O[C@@H]1CN(C)C(=O)Nc1ccc(F)cc1. The maximum Gasteiger partial charge on any atom is 0.321 e. The van der Waals surface area contributed by atoms with Gasteiger partial charge in [-0.2, -0.15) is 0 Å². The van der Waals surface area contributed by atoms with Crippen LogP contribution < -0.4 is 10.1 Å².